The van der Waals surface area contributed by atoms with Crippen molar-refractivity contribution in [1.82, 2.24) is 5.32 Å². The second kappa shape index (κ2) is 8.53. The summed E-state index contributed by atoms with van der Waals surface area (Å²) < 4.78 is 5.19. The van der Waals surface area contributed by atoms with E-state index in [0.29, 0.717) is 19.4 Å². The van der Waals surface area contributed by atoms with Gasteiger partial charge in [0.1, 0.15) is 17.4 Å². The van der Waals surface area contributed by atoms with Crippen LogP contribution in [-0.2, 0) is 20.7 Å². The van der Waals surface area contributed by atoms with Gasteiger partial charge >= 0.3 is 11.9 Å². The zero-order valence-corrected chi connectivity index (χ0v) is 13.8. The molecule has 0 bridgehead atoms. The van der Waals surface area contributed by atoms with Crippen LogP contribution < -0.4 is 5.32 Å². The van der Waals surface area contributed by atoms with Crippen molar-refractivity contribution in [2.45, 2.75) is 51.7 Å². The average molecular weight is 323 g/mol. The molecule has 0 saturated carbocycles. The predicted octanol–water partition coefficient (Wildman–Crippen LogP) is 2.10. The van der Waals surface area contributed by atoms with Crippen LogP contribution in [0.5, 0.6) is 5.75 Å². The van der Waals surface area contributed by atoms with Crippen LogP contribution >= 0.6 is 0 Å². The molecule has 0 radical (unpaired) electrons. The van der Waals surface area contributed by atoms with Gasteiger partial charge in [-0.25, -0.2) is 0 Å². The van der Waals surface area contributed by atoms with Crippen LogP contribution in [0.2, 0.25) is 0 Å². The highest BCUT2D eigenvalue weighted by molar-refractivity contribution is 5.74. The van der Waals surface area contributed by atoms with Crippen molar-refractivity contribution in [2.75, 3.05) is 6.54 Å². The maximum Gasteiger partial charge on any atom is 0.321 e. The first-order valence-electron chi connectivity index (χ1n) is 7.63. The number of carbonyl (C=O) groups is 2. The normalized spacial score (nSPS) is 12.7. The summed E-state index contributed by atoms with van der Waals surface area (Å²) >= 11 is 0. The number of aromatic hydroxyl groups is 1. The molecule has 1 atom stereocenters. The van der Waals surface area contributed by atoms with Crippen molar-refractivity contribution in [3.8, 4) is 5.75 Å². The molecular weight excluding hydrogens is 298 g/mol. The third-order valence-electron chi connectivity index (χ3n) is 3.04. The Morgan fingerprint density at radius 2 is 1.83 bits per heavy atom. The summed E-state index contributed by atoms with van der Waals surface area (Å²) in [6.07, 6.45) is 1.06. The van der Waals surface area contributed by atoms with E-state index in [2.05, 4.69) is 5.32 Å². The van der Waals surface area contributed by atoms with Gasteiger partial charge in [-0.05, 0) is 57.9 Å². The standard InChI is InChI=1S/C17H25NO5/c1-17(2,3)23-15(20)5-4-10-18-14(16(21)22)11-12-6-8-13(19)9-7-12/h6-9,14,18-19H,4-5,10-11H2,1-3H3,(H,21,22)/t14-/m0/s1. The lowest BCUT2D eigenvalue weighted by Gasteiger charge is -2.19. The number of esters is 1. The van der Waals surface area contributed by atoms with Crippen LogP contribution in [0.1, 0.15) is 39.2 Å². The molecule has 6 nitrogen and oxygen atoms in total. The van der Waals surface area contributed by atoms with E-state index in [1.165, 1.54) is 12.1 Å². The number of rotatable bonds is 8. The Labute approximate surface area is 136 Å². The van der Waals surface area contributed by atoms with E-state index in [1.807, 2.05) is 0 Å². The van der Waals surface area contributed by atoms with Gasteiger partial charge < -0.3 is 20.3 Å². The number of phenolic OH excluding ortho intramolecular Hbond substituents is 1. The van der Waals surface area contributed by atoms with Gasteiger partial charge in [-0.3, -0.25) is 9.59 Å². The highest BCUT2D eigenvalue weighted by Gasteiger charge is 2.18. The summed E-state index contributed by atoms with van der Waals surface area (Å²) in [4.78, 5) is 22.9. The van der Waals surface area contributed by atoms with Gasteiger partial charge in [0.05, 0.1) is 0 Å². The molecule has 0 heterocycles. The molecule has 0 aliphatic rings. The number of benzene rings is 1. The van der Waals surface area contributed by atoms with Gasteiger partial charge in [0.15, 0.2) is 0 Å². The number of hydrogen-bond donors (Lipinski definition) is 3. The fraction of sp³-hybridized carbons (Fsp3) is 0.529. The summed E-state index contributed by atoms with van der Waals surface area (Å²) in [5.74, 6) is -1.09. The SMILES string of the molecule is CC(C)(C)OC(=O)CCCN[C@@H](Cc1ccc(O)cc1)C(=O)O. The van der Waals surface area contributed by atoms with Crippen molar-refractivity contribution in [3.63, 3.8) is 0 Å². The summed E-state index contributed by atoms with van der Waals surface area (Å²) in [5, 5.41) is 21.4. The van der Waals surface area contributed by atoms with Gasteiger partial charge in [0, 0.05) is 6.42 Å². The number of hydrogen-bond acceptors (Lipinski definition) is 5. The predicted molar refractivity (Wildman–Crippen MR) is 86.3 cm³/mol. The van der Waals surface area contributed by atoms with E-state index >= 15 is 0 Å². The quantitative estimate of drug-likeness (QED) is 0.501. The Hall–Kier alpha value is -2.08. The van der Waals surface area contributed by atoms with Gasteiger partial charge in [-0.1, -0.05) is 12.1 Å². The number of ether oxygens (including phenoxy) is 1. The third kappa shape index (κ3) is 8.21. The minimum Gasteiger partial charge on any atom is -0.508 e. The molecule has 0 fully saturated rings. The summed E-state index contributed by atoms with van der Waals surface area (Å²) in [7, 11) is 0. The van der Waals surface area contributed by atoms with Gasteiger partial charge in [0.25, 0.3) is 0 Å². The smallest absolute Gasteiger partial charge is 0.321 e. The van der Waals surface area contributed by atoms with Crippen molar-refractivity contribution in [1.29, 1.82) is 0 Å². The molecule has 1 rings (SSSR count). The van der Waals surface area contributed by atoms with Crippen LogP contribution in [0.15, 0.2) is 24.3 Å². The Balaban J connectivity index is 2.38. The molecule has 128 valence electrons. The molecule has 0 aliphatic carbocycles. The number of carboxylic acid groups (broad SMARTS) is 1. The van der Waals surface area contributed by atoms with Crippen molar-refractivity contribution in [2.24, 2.45) is 0 Å². The van der Waals surface area contributed by atoms with Crippen molar-refractivity contribution in [3.05, 3.63) is 29.8 Å². The lowest BCUT2D eigenvalue weighted by atomic mass is 10.1. The zero-order valence-electron chi connectivity index (χ0n) is 13.8. The number of carbonyl (C=O) groups excluding carboxylic acids is 1. The van der Waals surface area contributed by atoms with Crippen LogP contribution in [-0.4, -0.2) is 40.3 Å². The fourth-order valence-corrected chi connectivity index (χ4v) is 2.02. The third-order valence-corrected chi connectivity index (χ3v) is 3.04. The molecule has 3 N–H and O–H groups in total. The molecule has 0 aromatic heterocycles. The monoisotopic (exact) mass is 323 g/mol. The summed E-state index contributed by atoms with van der Waals surface area (Å²) in [6, 6.07) is 5.69. The maximum atomic E-state index is 11.6. The molecule has 0 unspecified atom stereocenters. The Bertz CT molecular complexity index is 519. The van der Waals surface area contributed by atoms with E-state index in [1.54, 1.807) is 32.9 Å². The first-order valence-corrected chi connectivity index (χ1v) is 7.63. The molecule has 1 aromatic carbocycles. The van der Waals surface area contributed by atoms with Crippen LogP contribution in [0.25, 0.3) is 0 Å². The molecule has 0 saturated heterocycles. The fourth-order valence-electron chi connectivity index (χ4n) is 2.02. The van der Waals surface area contributed by atoms with Crippen molar-refractivity contribution < 1.29 is 24.5 Å². The van der Waals surface area contributed by atoms with Crippen molar-refractivity contribution >= 4 is 11.9 Å². The average Bonchev–Trinajstić information content (AvgIpc) is 2.42. The first-order chi connectivity index (χ1) is 10.7. The zero-order chi connectivity index (χ0) is 17.5. The molecular formula is C17H25NO5. The summed E-state index contributed by atoms with van der Waals surface area (Å²) in [5.41, 5.74) is 0.308. The van der Waals surface area contributed by atoms with E-state index < -0.39 is 17.6 Å². The van der Waals surface area contributed by atoms with E-state index in [-0.39, 0.29) is 18.1 Å². The second-order valence-electron chi connectivity index (χ2n) is 6.41. The molecule has 0 amide bonds. The lowest BCUT2D eigenvalue weighted by Crippen LogP contribution is -2.39. The van der Waals surface area contributed by atoms with Crippen LogP contribution in [0, 0.1) is 0 Å². The Morgan fingerprint density at radius 1 is 1.22 bits per heavy atom. The topological polar surface area (TPSA) is 95.9 Å². The highest BCUT2D eigenvalue weighted by atomic mass is 16.6. The van der Waals surface area contributed by atoms with Gasteiger partial charge in [-0.2, -0.15) is 0 Å². The largest absolute Gasteiger partial charge is 0.508 e. The maximum absolute atomic E-state index is 11.6. The number of phenols is 1. The Kier molecular flexibility index (Phi) is 7.03. The molecule has 1 aromatic rings. The number of nitrogens with one attached hydrogen (secondary N) is 1. The Morgan fingerprint density at radius 3 is 2.35 bits per heavy atom. The lowest BCUT2D eigenvalue weighted by molar-refractivity contribution is -0.154. The van der Waals surface area contributed by atoms with Gasteiger partial charge in [0.2, 0.25) is 0 Å². The van der Waals surface area contributed by atoms with Crippen LogP contribution in [0.4, 0.5) is 0 Å². The molecule has 6 heteroatoms. The number of carboxylic acids is 1. The molecule has 0 aliphatic heterocycles. The summed E-state index contributed by atoms with van der Waals surface area (Å²) in [6.45, 7) is 5.83. The second-order valence-corrected chi connectivity index (χ2v) is 6.41. The van der Waals surface area contributed by atoms with Crippen LogP contribution in [0.3, 0.4) is 0 Å². The minimum atomic E-state index is -0.949. The van der Waals surface area contributed by atoms with E-state index in [4.69, 9.17) is 4.74 Å². The first kappa shape index (κ1) is 19.0. The van der Waals surface area contributed by atoms with E-state index in [0.717, 1.165) is 5.56 Å². The molecule has 23 heavy (non-hydrogen) atoms. The van der Waals surface area contributed by atoms with Gasteiger partial charge in [-0.15, -0.1) is 0 Å². The number of aliphatic carboxylic acids is 1. The minimum absolute atomic E-state index is 0.144. The molecule has 0 spiro atoms. The highest BCUT2D eigenvalue weighted by Crippen LogP contribution is 2.12. The van der Waals surface area contributed by atoms with E-state index in [9.17, 15) is 19.8 Å².